The van der Waals surface area contributed by atoms with Crippen LogP contribution in [0, 0.1) is 0 Å². The molecule has 23 heavy (non-hydrogen) atoms. The van der Waals surface area contributed by atoms with Crippen LogP contribution in [0.5, 0.6) is 0 Å². The second-order valence-electron chi connectivity index (χ2n) is 4.62. The first-order valence-electron chi connectivity index (χ1n) is 6.76. The van der Waals surface area contributed by atoms with Gasteiger partial charge in [-0.2, -0.15) is 4.98 Å². The molecule has 0 spiro atoms. The van der Waals surface area contributed by atoms with Crippen LogP contribution in [-0.2, 0) is 29.8 Å². The molecule has 0 aliphatic carbocycles. The van der Waals surface area contributed by atoms with E-state index in [4.69, 9.17) is 24.5 Å². The van der Waals surface area contributed by atoms with Gasteiger partial charge in [0.25, 0.3) is 0 Å². The van der Waals surface area contributed by atoms with Gasteiger partial charge in [-0.15, -0.1) is 0 Å². The number of nitrogens with zero attached hydrogens (tertiary/aromatic N) is 2. The maximum Gasteiger partial charge on any atom is 0.353 e. The highest BCUT2D eigenvalue weighted by atomic mass is 31.2. The highest BCUT2D eigenvalue weighted by Crippen LogP contribution is 2.41. The zero-order valence-corrected chi connectivity index (χ0v) is 14.0. The van der Waals surface area contributed by atoms with E-state index in [1.807, 2.05) is 0 Å². The Hall–Kier alpha value is -1.29. The first-order chi connectivity index (χ1) is 10.9. The summed E-state index contributed by atoms with van der Waals surface area (Å²) < 4.78 is 32.9. The van der Waals surface area contributed by atoms with Crippen LogP contribution in [0.1, 0.15) is 0 Å². The lowest BCUT2D eigenvalue weighted by atomic mass is 10.3. The number of nitrogen functional groups attached to an aromatic ring is 1. The number of anilines is 1. The van der Waals surface area contributed by atoms with E-state index in [-0.39, 0.29) is 32.2 Å². The van der Waals surface area contributed by atoms with Crippen LogP contribution in [0.25, 0.3) is 0 Å². The molecule has 0 aliphatic rings. The summed E-state index contributed by atoms with van der Waals surface area (Å²) in [7, 11) is -0.999. The van der Waals surface area contributed by atoms with Gasteiger partial charge in [-0.1, -0.05) is 0 Å². The Morgan fingerprint density at radius 3 is 2.74 bits per heavy atom. The van der Waals surface area contributed by atoms with E-state index >= 15 is 0 Å². The van der Waals surface area contributed by atoms with Crippen molar-refractivity contribution in [2.45, 2.75) is 12.6 Å². The fourth-order valence-corrected chi connectivity index (χ4v) is 2.47. The zero-order valence-electron chi connectivity index (χ0n) is 13.1. The van der Waals surface area contributed by atoms with Gasteiger partial charge in [0.15, 0.2) is 0 Å². The topological polar surface area (TPSA) is 135 Å². The molecule has 2 atom stereocenters. The van der Waals surface area contributed by atoms with Gasteiger partial charge in [-0.3, -0.25) is 9.13 Å². The molecule has 1 rings (SSSR count). The van der Waals surface area contributed by atoms with Gasteiger partial charge < -0.3 is 29.4 Å². The van der Waals surface area contributed by atoms with Gasteiger partial charge in [0.05, 0.1) is 32.5 Å². The fourth-order valence-electron chi connectivity index (χ4n) is 1.64. The Morgan fingerprint density at radius 2 is 2.13 bits per heavy atom. The van der Waals surface area contributed by atoms with Crippen LogP contribution in [-0.4, -0.2) is 60.9 Å². The molecule has 0 amide bonds. The Bertz CT molecular complexity index is 580. The minimum Gasteiger partial charge on any atom is -0.383 e. The van der Waals surface area contributed by atoms with Gasteiger partial charge in [-0.25, -0.2) is 4.79 Å². The number of methoxy groups -OCH3 is 2. The molecule has 0 saturated carbocycles. The van der Waals surface area contributed by atoms with Crippen LogP contribution in [0.15, 0.2) is 17.1 Å². The van der Waals surface area contributed by atoms with Crippen LogP contribution < -0.4 is 11.4 Å². The highest BCUT2D eigenvalue weighted by molar-refractivity contribution is 7.52. The molecular weight excluding hydrogens is 329 g/mol. The second-order valence-corrected chi connectivity index (χ2v) is 6.42. The molecule has 0 aromatic carbocycles. The number of nitrogens with two attached hydrogens (primary N) is 1. The van der Waals surface area contributed by atoms with Crippen molar-refractivity contribution in [1.82, 2.24) is 9.55 Å². The molecule has 0 fully saturated rings. The van der Waals surface area contributed by atoms with Crippen molar-refractivity contribution in [3.63, 3.8) is 0 Å². The van der Waals surface area contributed by atoms with E-state index in [2.05, 4.69) is 4.98 Å². The summed E-state index contributed by atoms with van der Waals surface area (Å²) in [6.45, 7) is 0.384. The summed E-state index contributed by atoms with van der Waals surface area (Å²) in [4.78, 5) is 24.9. The van der Waals surface area contributed by atoms with E-state index < -0.39 is 25.7 Å². The third kappa shape index (κ3) is 7.69. The number of hydrogen-bond donors (Lipinski definition) is 2. The summed E-state index contributed by atoms with van der Waals surface area (Å²) in [5, 5.41) is 0. The summed E-state index contributed by atoms with van der Waals surface area (Å²) in [6, 6.07) is 1.47. The van der Waals surface area contributed by atoms with Gasteiger partial charge in [0.2, 0.25) is 0 Å². The van der Waals surface area contributed by atoms with Gasteiger partial charge in [0, 0.05) is 20.4 Å². The molecule has 3 N–H and O–H groups in total. The minimum absolute atomic E-state index is 0.0239. The summed E-state index contributed by atoms with van der Waals surface area (Å²) in [5.41, 5.74) is 4.87. The lowest BCUT2D eigenvalue weighted by Crippen LogP contribution is -2.32. The molecule has 1 heterocycles. The Kier molecular flexibility index (Phi) is 8.38. The van der Waals surface area contributed by atoms with Gasteiger partial charge in [0.1, 0.15) is 12.2 Å². The van der Waals surface area contributed by atoms with Crippen molar-refractivity contribution in [3.05, 3.63) is 22.7 Å². The standard InChI is InChI=1S/C12H22N3O7P/c1-19-5-6-22-23(17,18)9-21-10(8-20-2)7-15-4-3-11(13)14-12(15)16/h3-4,10H,5-9H2,1-2H3,(H,17,18)(H2,13,14,16)/t10-/m0/s1. The number of ether oxygens (including phenoxy) is 3. The molecule has 0 radical (unpaired) electrons. The molecule has 1 unspecified atom stereocenters. The van der Waals surface area contributed by atoms with E-state index in [0.717, 1.165) is 0 Å². The average Bonchev–Trinajstić information content (AvgIpc) is 2.48. The van der Waals surface area contributed by atoms with E-state index in [1.54, 1.807) is 0 Å². The van der Waals surface area contributed by atoms with Crippen LogP contribution in [0.3, 0.4) is 0 Å². The van der Waals surface area contributed by atoms with Crippen molar-refractivity contribution in [3.8, 4) is 0 Å². The van der Waals surface area contributed by atoms with Crippen LogP contribution >= 0.6 is 7.60 Å². The molecule has 132 valence electrons. The minimum atomic E-state index is -3.90. The molecule has 11 heteroatoms. The van der Waals surface area contributed by atoms with Crippen molar-refractivity contribution in [1.29, 1.82) is 0 Å². The number of rotatable bonds is 11. The summed E-state index contributed by atoms with van der Waals surface area (Å²) in [5.74, 6) is 0.113. The maximum atomic E-state index is 11.8. The normalized spacial score (nSPS) is 15.3. The molecule has 0 aliphatic heterocycles. The molecule has 1 aromatic rings. The molecule has 0 bridgehead atoms. The highest BCUT2D eigenvalue weighted by Gasteiger charge is 2.23. The van der Waals surface area contributed by atoms with Crippen molar-refractivity contribution in [2.75, 3.05) is 46.1 Å². The summed E-state index contributed by atoms with van der Waals surface area (Å²) in [6.07, 6.45) is 0.307. The zero-order chi connectivity index (χ0) is 17.3. The predicted octanol–water partition coefficient (Wildman–Crippen LogP) is -0.337. The monoisotopic (exact) mass is 351 g/mol. The number of hydrogen-bond acceptors (Lipinski definition) is 8. The predicted molar refractivity (Wildman–Crippen MR) is 82.2 cm³/mol. The Labute approximate surface area is 133 Å². The van der Waals surface area contributed by atoms with Crippen LogP contribution in [0.2, 0.25) is 0 Å². The van der Waals surface area contributed by atoms with E-state index in [0.29, 0.717) is 0 Å². The smallest absolute Gasteiger partial charge is 0.353 e. The molecule has 10 nitrogen and oxygen atoms in total. The van der Waals surface area contributed by atoms with Crippen LogP contribution in [0.4, 0.5) is 5.82 Å². The van der Waals surface area contributed by atoms with E-state index in [9.17, 15) is 14.3 Å². The van der Waals surface area contributed by atoms with E-state index in [1.165, 1.54) is 31.0 Å². The third-order valence-electron chi connectivity index (χ3n) is 2.70. The third-order valence-corrected chi connectivity index (χ3v) is 3.76. The Morgan fingerprint density at radius 1 is 1.39 bits per heavy atom. The molecule has 0 saturated heterocycles. The summed E-state index contributed by atoms with van der Waals surface area (Å²) >= 11 is 0. The second kappa shape index (κ2) is 9.76. The Balaban J connectivity index is 2.61. The average molecular weight is 351 g/mol. The molecule has 1 aromatic heterocycles. The fraction of sp³-hybridized carbons (Fsp3) is 0.667. The SMILES string of the molecule is COCCOP(=O)(O)CO[C@H](COC)Cn1ccc(N)nc1=O. The van der Waals surface area contributed by atoms with Crippen molar-refractivity contribution < 1.29 is 28.2 Å². The largest absolute Gasteiger partial charge is 0.383 e. The first kappa shape index (κ1) is 19.8. The first-order valence-corrected chi connectivity index (χ1v) is 8.53. The lowest BCUT2D eigenvalue weighted by molar-refractivity contribution is 0.000550. The van der Waals surface area contributed by atoms with Crippen molar-refractivity contribution >= 4 is 13.4 Å². The lowest BCUT2D eigenvalue weighted by Gasteiger charge is -2.20. The number of aromatic nitrogens is 2. The van der Waals surface area contributed by atoms with Gasteiger partial charge >= 0.3 is 13.3 Å². The maximum absolute atomic E-state index is 11.8. The van der Waals surface area contributed by atoms with Crippen molar-refractivity contribution in [2.24, 2.45) is 0 Å². The quantitative estimate of drug-likeness (QED) is 0.405. The molecular formula is C12H22N3O7P. The van der Waals surface area contributed by atoms with Gasteiger partial charge in [-0.05, 0) is 6.07 Å².